The topological polar surface area (TPSA) is 79.5 Å². The van der Waals surface area contributed by atoms with Gasteiger partial charge in [0.2, 0.25) is 11.8 Å². The van der Waals surface area contributed by atoms with Gasteiger partial charge in [-0.2, -0.15) is 0 Å². The Morgan fingerprint density at radius 2 is 1.69 bits per heavy atom. The third-order valence-corrected chi connectivity index (χ3v) is 4.04. The summed E-state index contributed by atoms with van der Waals surface area (Å²) in [5.41, 5.74) is 3.47. The van der Waals surface area contributed by atoms with Crippen LogP contribution in [0.4, 0.5) is 11.4 Å². The largest absolute Gasteiger partial charge is 0.495 e. The molecule has 6 heteroatoms. The molecule has 0 aliphatic carbocycles. The monoisotopic (exact) mass is 355 g/mol. The second kappa shape index (κ2) is 8.89. The molecule has 0 bridgehead atoms. The van der Waals surface area contributed by atoms with Crippen LogP contribution < -0.4 is 20.7 Å². The number of benzene rings is 2. The highest BCUT2D eigenvalue weighted by Crippen LogP contribution is 2.23. The Kier molecular flexibility index (Phi) is 6.60. The summed E-state index contributed by atoms with van der Waals surface area (Å²) in [5, 5.41) is 8.58. The molecule has 0 fully saturated rings. The maximum Gasteiger partial charge on any atom is 0.243 e. The van der Waals surface area contributed by atoms with Gasteiger partial charge < -0.3 is 20.7 Å². The van der Waals surface area contributed by atoms with E-state index in [1.165, 1.54) is 0 Å². The standard InChI is InChI=1S/C20H25N3O3/c1-13-8-7-9-14(2)19(13)23-18(24)12-21-20(25)15(3)22-16-10-5-6-11-17(16)26-4/h5-11,15,22H,12H2,1-4H3,(H,21,25)(H,23,24)/t15-/m0/s1. The van der Waals surface area contributed by atoms with Crippen molar-refractivity contribution >= 4 is 23.2 Å². The number of aryl methyl sites for hydroxylation is 2. The van der Waals surface area contributed by atoms with E-state index in [-0.39, 0.29) is 18.4 Å². The SMILES string of the molecule is COc1ccccc1N[C@@H](C)C(=O)NCC(=O)Nc1c(C)cccc1C. The molecule has 0 radical (unpaired) electrons. The predicted molar refractivity (Wildman–Crippen MR) is 104 cm³/mol. The van der Waals surface area contributed by atoms with Crippen molar-refractivity contribution in [3.63, 3.8) is 0 Å². The number of methoxy groups -OCH3 is 1. The molecule has 1 atom stereocenters. The fourth-order valence-electron chi connectivity index (χ4n) is 2.58. The highest BCUT2D eigenvalue weighted by molar-refractivity contribution is 5.96. The Hall–Kier alpha value is -3.02. The van der Waals surface area contributed by atoms with E-state index in [1.54, 1.807) is 14.0 Å². The molecule has 0 saturated carbocycles. The van der Waals surface area contributed by atoms with E-state index in [9.17, 15) is 9.59 Å². The first kappa shape index (κ1) is 19.3. The smallest absolute Gasteiger partial charge is 0.243 e. The van der Waals surface area contributed by atoms with Crippen LogP contribution in [-0.2, 0) is 9.59 Å². The molecule has 0 unspecified atom stereocenters. The van der Waals surface area contributed by atoms with Crippen LogP contribution in [0.15, 0.2) is 42.5 Å². The van der Waals surface area contributed by atoms with Crippen molar-refractivity contribution in [1.82, 2.24) is 5.32 Å². The van der Waals surface area contributed by atoms with Crippen molar-refractivity contribution in [2.24, 2.45) is 0 Å². The molecule has 0 aromatic heterocycles. The van der Waals surface area contributed by atoms with E-state index >= 15 is 0 Å². The molecular weight excluding hydrogens is 330 g/mol. The molecule has 2 aromatic carbocycles. The van der Waals surface area contributed by atoms with Gasteiger partial charge in [-0.15, -0.1) is 0 Å². The summed E-state index contributed by atoms with van der Waals surface area (Å²) in [6, 6.07) is 12.6. The van der Waals surface area contributed by atoms with Crippen LogP contribution in [-0.4, -0.2) is 31.5 Å². The third-order valence-electron chi connectivity index (χ3n) is 4.04. The van der Waals surface area contributed by atoms with Gasteiger partial charge in [0, 0.05) is 5.69 Å². The van der Waals surface area contributed by atoms with Gasteiger partial charge in [0.05, 0.1) is 19.3 Å². The second-order valence-electron chi connectivity index (χ2n) is 6.10. The van der Waals surface area contributed by atoms with E-state index in [0.717, 1.165) is 22.5 Å². The highest BCUT2D eigenvalue weighted by atomic mass is 16.5. The Morgan fingerprint density at radius 1 is 1.04 bits per heavy atom. The van der Waals surface area contributed by atoms with Crippen molar-refractivity contribution in [3.05, 3.63) is 53.6 Å². The van der Waals surface area contributed by atoms with Gasteiger partial charge in [-0.1, -0.05) is 30.3 Å². The van der Waals surface area contributed by atoms with Crippen molar-refractivity contribution in [2.45, 2.75) is 26.8 Å². The van der Waals surface area contributed by atoms with Crippen LogP contribution in [0.1, 0.15) is 18.1 Å². The lowest BCUT2D eigenvalue weighted by molar-refractivity contribution is -0.124. The Balaban J connectivity index is 1.88. The molecule has 0 saturated heterocycles. The van der Waals surface area contributed by atoms with Gasteiger partial charge in [0.1, 0.15) is 11.8 Å². The Labute approximate surface area is 153 Å². The van der Waals surface area contributed by atoms with E-state index < -0.39 is 6.04 Å². The summed E-state index contributed by atoms with van der Waals surface area (Å²) in [6.07, 6.45) is 0. The molecule has 0 aliphatic heterocycles. The van der Waals surface area contributed by atoms with Gasteiger partial charge in [-0.3, -0.25) is 9.59 Å². The molecule has 0 aliphatic rings. The lowest BCUT2D eigenvalue weighted by Crippen LogP contribution is -2.41. The number of amides is 2. The van der Waals surface area contributed by atoms with Crippen LogP contribution in [0.5, 0.6) is 5.75 Å². The van der Waals surface area contributed by atoms with Crippen molar-refractivity contribution in [3.8, 4) is 5.75 Å². The fourth-order valence-corrected chi connectivity index (χ4v) is 2.58. The molecule has 2 rings (SSSR count). The molecule has 0 heterocycles. The van der Waals surface area contributed by atoms with Gasteiger partial charge in [-0.05, 0) is 44.0 Å². The Morgan fingerprint density at radius 3 is 2.35 bits per heavy atom. The summed E-state index contributed by atoms with van der Waals surface area (Å²) in [6.45, 7) is 5.50. The molecule has 3 N–H and O–H groups in total. The number of para-hydroxylation sites is 3. The van der Waals surface area contributed by atoms with E-state index in [0.29, 0.717) is 5.75 Å². The van der Waals surface area contributed by atoms with Crippen molar-refractivity contribution in [2.75, 3.05) is 24.3 Å². The van der Waals surface area contributed by atoms with Gasteiger partial charge >= 0.3 is 0 Å². The second-order valence-corrected chi connectivity index (χ2v) is 6.10. The molecule has 26 heavy (non-hydrogen) atoms. The zero-order valence-electron chi connectivity index (χ0n) is 15.6. The van der Waals surface area contributed by atoms with Crippen LogP contribution in [0, 0.1) is 13.8 Å². The Bertz CT molecular complexity index is 769. The maximum atomic E-state index is 12.2. The van der Waals surface area contributed by atoms with Crippen molar-refractivity contribution < 1.29 is 14.3 Å². The van der Waals surface area contributed by atoms with E-state index in [1.807, 2.05) is 56.3 Å². The summed E-state index contributed by atoms with van der Waals surface area (Å²) >= 11 is 0. The summed E-state index contributed by atoms with van der Waals surface area (Å²) in [7, 11) is 1.57. The zero-order chi connectivity index (χ0) is 19.1. The molecule has 138 valence electrons. The number of carbonyl (C=O) groups excluding carboxylic acids is 2. The number of hydrogen-bond donors (Lipinski definition) is 3. The minimum Gasteiger partial charge on any atom is -0.495 e. The fraction of sp³-hybridized carbons (Fsp3) is 0.300. The first-order chi connectivity index (χ1) is 12.4. The third kappa shape index (κ3) is 4.99. The van der Waals surface area contributed by atoms with Gasteiger partial charge in [0.25, 0.3) is 0 Å². The number of nitrogens with one attached hydrogen (secondary N) is 3. The van der Waals surface area contributed by atoms with Crippen molar-refractivity contribution in [1.29, 1.82) is 0 Å². The van der Waals surface area contributed by atoms with Crippen LogP contribution >= 0.6 is 0 Å². The van der Waals surface area contributed by atoms with Crippen LogP contribution in [0.3, 0.4) is 0 Å². The zero-order valence-corrected chi connectivity index (χ0v) is 15.6. The minimum atomic E-state index is -0.515. The number of rotatable bonds is 7. The quantitative estimate of drug-likeness (QED) is 0.713. The first-order valence-electron chi connectivity index (χ1n) is 8.45. The summed E-state index contributed by atoms with van der Waals surface area (Å²) in [5.74, 6) is 0.118. The first-order valence-corrected chi connectivity index (χ1v) is 8.45. The van der Waals surface area contributed by atoms with E-state index in [2.05, 4.69) is 16.0 Å². The molecule has 2 aromatic rings. The molecule has 2 amide bonds. The summed E-state index contributed by atoms with van der Waals surface area (Å²) < 4.78 is 5.25. The minimum absolute atomic E-state index is 0.0927. The average molecular weight is 355 g/mol. The highest BCUT2D eigenvalue weighted by Gasteiger charge is 2.16. The van der Waals surface area contributed by atoms with Gasteiger partial charge in [0.15, 0.2) is 0 Å². The van der Waals surface area contributed by atoms with E-state index in [4.69, 9.17) is 4.74 Å². The van der Waals surface area contributed by atoms with Crippen LogP contribution in [0.25, 0.3) is 0 Å². The number of hydrogen-bond acceptors (Lipinski definition) is 4. The normalized spacial score (nSPS) is 11.4. The number of anilines is 2. The number of ether oxygens (including phenoxy) is 1. The van der Waals surface area contributed by atoms with Crippen LogP contribution in [0.2, 0.25) is 0 Å². The predicted octanol–water partition coefficient (Wildman–Crippen LogP) is 2.87. The lowest BCUT2D eigenvalue weighted by atomic mass is 10.1. The molecular formula is C20H25N3O3. The molecule has 0 spiro atoms. The lowest BCUT2D eigenvalue weighted by Gasteiger charge is -2.17. The summed E-state index contributed by atoms with van der Waals surface area (Å²) in [4.78, 5) is 24.4. The maximum absolute atomic E-state index is 12.2. The number of carbonyl (C=O) groups is 2. The van der Waals surface area contributed by atoms with Gasteiger partial charge in [-0.25, -0.2) is 0 Å². The molecule has 6 nitrogen and oxygen atoms in total. The average Bonchev–Trinajstić information content (AvgIpc) is 2.63.